The first kappa shape index (κ1) is 11.0. The molecular weight excluding hydrogens is 176 g/mol. The van der Waals surface area contributed by atoms with Crippen LogP contribution in [-0.2, 0) is 9.53 Å². The van der Waals surface area contributed by atoms with Crippen LogP contribution in [0.1, 0.15) is 32.1 Å². The van der Waals surface area contributed by atoms with Crippen LogP contribution in [0.25, 0.3) is 0 Å². The van der Waals surface area contributed by atoms with E-state index in [4.69, 9.17) is 4.74 Å². The molecule has 0 aromatic rings. The smallest absolute Gasteiger partial charge is 0.330 e. The summed E-state index contributed by atoms with van der Waals surface area (Å²) >= 11 is 0. The molecule has 1 rings (SSSR count). The molecule has 1 aliphatic rings. The zero-order chi connectivity index (χ0) is 10.2. The van der Waals surface area contributed by atoms with E-state index in [9.17, 15) is 4.79 Å². The number of ether oxygens (including phenoxy) is 1. The molecule has 1 fully saturated rings. The van der Waals surface area contributed by atoms with Gasteiger partial charge >= 0.3 is 5.97 Å². The molecule has 0 N–H and O–H groups in total. The Morgan fingerprint density at radius 3 is 2.71 bits per heavy atom. The van der Waals surface area contributed by atoms with Crippen LogP contribution in [0.5, 0.6) is 0 Å². The fourth-order valence-electron chi connectivity index (χ4n) is 1.73. The van der Waals surface area contributed by atoms with Crippen LogP contribution in [0, 0.1) is 5.92 Å². The van der Waals surface area contributed by atoms with Gasteiger partial charge < -0.3 is 4.74 Å². The fraction of sp³-hybridized carbons (Fsp3) is 0.583. The van der Waals surface area contributed by atoms with Crippen molar-refractivity contribution in [3.05, 3.63) is 24.8 Å². The van der Waals surface area contributed by atoms with Gasteiger partial charge in [-0.15, -0.1) is 0 Å². The highest BCUT2D eigenvalue weighted by Gasteiger charge is 2.10. The maximum atomic E-state index is 11.1. The third-order valence-electron chi connectivity index (χ3n) is 2.50. The topological polar surface area (TPSA) is 26.3 Å². The summed E-state index contributed by atoms with van der Waals surface area (Å²) in [4.78, 5) is 11.1. The highest BCUT2D eigenvalue weighted by molar-refractivity contribution is 5.81. The molecule has 1 aliphatic carbocycles. The number of carbonyl (C=O) groups excluding carboxylic acids is 1. The van der Waals surface area contributed by atoms with Crippen molar-refractivity contribution >= 4 is 5.97 Å². The molecule has 14 heavy (non-hydrogen) atoms. The normalized spacial score (nSPS) is 18.3. The van der Waals surface area contributed by atoms with Gasteiger partial charge in [-0.05, 0) is 18.8 Å². The van der Waals surface area contributed by atoms with Crippen molar-refractivity contribution in [3.63, 3.8) is 0 Å². The van der Waals surface area contributed by atoms with E-state index in [0.29, 0.717) is 12.5 Å². The van der Waals surface area contributed by atoms with E-state index in [-0.39, 0.29) is 5.97 Å². The van der Waals surface area contributed by atoms with Gasteiger partial charge in [-0.1, -0.05) is 38.0 Å². The van der Waals surface area contributed by atoms with E-state index >= 15 is 0 Å². The maximum Gasteiger partial charge on any atom is 0.330 e. The SMILES string of the molecule is C=CCOC(=O)C=CC1CCCCC1. The third kappa shape index (κ3) is 4.26. The Balaban J connectivity index is 2.23. The van der Waals surface area contributed by atoms with Crippen molar-refractivity contribution in [2.75, 3.05) is 6.61 Å². The van der Waals surface area contributed by atoms with Crippen LogP contribution < -0.4 is 0 Å². The summed E-state index contributed by atoms with van der Waals surface area (Å²) in [6.45, 7) is 3.78. The summed E-state index contributed by atoms with van der Waals surface area (Å²) in [6, 6.07) is 0. The van der Waals surface area contributed by atoms with Gasteiger partial charge in [0.25, 0.3) is 0 Å². The quantitative estimate of drug-likeness (QED) is 0.391. The lowest BCUT2D eigenvalue weighted by atomic mass is 9.89. The Hall–Kier alpha value is -1.05. The lowest BCUT2D eigenvalue weighted by Crippen LogP contribution is -2.05. The van der Waals surface area contributed by atoms with E-state index < -0.39 is 0 Å². The molecule has 0 heterocycles. The second-order valence-corrected chi connectivity index (χ2v) is 3.68. The first-order valence-electron chi connectivity index (χ1n) is 5.29. The molecule has 0 atom stereocenters. The van der Waals surface area contributed by atoms with Gasteiger partial charge in [0.05, 0.1) is 0 Å². The Labute approximate surface area is 85.6 Å². The van der Waals surface area contributed by atoms with E-state index in [1.165, 1.54) is 32.1 Å². The molecule has 0 amide bonds. The number of rotatable bonds is 4. The third-order valence-corrected chi connectivity index (χ3v) is 2.50. The average Bonchev–Trinajstić information content (AvgIpc) is 2.25. The zero-order valence-corrected chi connectivity index (χ0v) is 8.58. The van der Waals surface area contributed by atoms with Gasteiger partial charge in [0, 0.05) is 6.08 Å². The molecular formula is C12H18O2. The first-order valence-corrected chi connectivity index (χ1v) is 5.29. The summed E-state index contributed by atoms with van der Waals surface area (Å²) in [5, 5.41) is 0. The number of allylic oxidation sites excluding steroid dienone is 1. The molecule has 0 aliphatic heterocycles. The monoisotopic (exact) mass is 194 g/mol. The largest absolute Gasteiger partial charge is 0.458 e. The number of hydrogen-bond donors (Lipinski definition) is 0. The number of carbonyl (C=O) groups is 1. The minimum atomic E-state index is -0.254. The van der Waals surface area contributed by atoms with Crippen molar-refractivity contribution in [2.45, 2.75) is 32.1 Å². The molecule has 0 aromatic heterocycles. The summed E-state index contributed by atoms with van der Waals surface area (Å²) in [6.07, 6.45) is 11.5. The molecule has 0 aromatic carbocycles. The molecule has 2 heteroatoms. The highest BCUT2D eigenvalue weighted by atomic mass is 16.5. The van der Waals surface area contributed by atoms with Gasteiger partial charge in [-0.3, -0.25) is 0 Å². The summed E-state index contributed by atoms with van der Waals surface area (Å²) < 4.78 is 4.84. The molecule has 0 saturated heterocycles. The van der Waals surface area contributed by atoms with Crippen molar-refractivity contribution in [1.29, 1.82) is 0 Å². The lowest BCUT2D eigenvalue weighted by molar-refractivity contribution is -0.136. The van der Waals surface area contributed by atoms with Gasteiger partial charge in [0.15, 0.2) is 0 Å². The maximum absolute atomic E-state index is 11.1. The van der Waals surface area contributed by atoms with Crippen molar-refractivity contribution < 1.29 is 9.53 Å². The Kier molecular flexibility index (Phi) is 5.05. The number of esters is 1. The molecule has 2 nitrogen and oxygen atoms in total. The van der Waals surface area contributed by atoms with Crippen molar-refractivity contribution in [3.8, 4) is 0 Å². The van der Waals surface area contributed by atoms with Crippen LogP contribution in [0.4, 0.5) is 0 Å². The molecule has 1 saturated carbocycles. The van der Waals surface area contributed by atoms with Gasteiger partial charge in [-0.25, -0.2) is 4.79 Å². The standard InChI is InChI=1S/C12H18O2/c1-2-10-14-12(13)9-8-11-6-4-3-5-7-11/h2,8-9,11H,1,3-7,10H2. The van der Waals surface area contributed by atoms with Crippen LogP contribution in [0.2, 0.25) is 0 Å². The van der Waals surface area contributed by atoms with E-state index in [0.717, 1.165) is 0 Å². The van der Waals surface area contributed by atoms with E-state index in [2.05, 4.69) is 6.58 Å². The Bertz CT molecular complexity index is 212. The van der Waals surface area contributed by atoms with Crippen LogP contribution in [-0.4, -0.2) is 12.6 Å². The molecule has 0 unspecified atom stereocenters. The predicted octanol–water partition coefficient (Wildman–Crippen LogP) is 2.85. The fourth-order valence-corrected chi connectivity index (χ4v) is 1.73. The molecule has 0 bridgehead atoms. The zero-order valence-electron chi connectivity index (χ0n) is 8.58. The van der Waals surface area contributed by atoms with Crippen molar-refractivity contribution in [2.24, 2.45) is 5.92 Å². The first-order chi connectivity index (χ1) is 6.83. The summed E-state index contributed by atoms with van der Waals surface area (Å²) in [5.41, 5.74) is 0. The Morgan fingerprint density at radius 2 is 2.07 bits per heavy atom. The second kappa shape index (κ2) is 6.41. The van der Waals surface area contributed by atoms with Gasteiger partial charge in [0.1, 0.15) is 6.61 Å². The van der Waals surface area contributed by atoms with E-state index in [1.807, 2.05) is 6.08 Å². The highest BCUT2D eigenvalue weighted by Crippen LogP contribution is 2.24. The van der Waals surface area contributed by atoms with Gasteiger partial charge in [-0.2, -0.15) is 0 Å². The summed E-state index contributed by atoms with van der Waals surface area (Å²) in [5.74, 6) is 0.329. The van der Waals surface area contributed by atoms with Crippen LogP contribution in [0.3, 0.4) is 0 Å². The Morgan fingerprint density at radius 1 is 1.36 bits per heavy atom. The minimum Gasteiger partial charge on any atom is -0.458 e. The van der Waals surface area contributed by atoms with Crippen LogP contribution in [0.15, 0.2) is 24.8 Å². The van der Waals surface area contributed by atoms with E-state index in [1.54, 1.807) is 12.2 Å². The molecule has 0 spiro atoms. The molecule has 78 valence electrons. The minimum absolute atomic E-state index is 0.254. The molecule has 0 radical (unpaired) electrons. The predicted molar refractivity (Wildman–Crippen MR) is 56.9 cm³/mol. The average molecular weight is 194 g/mol. The lowest BCUT2D eigenvalue weighted by Gasteiger charge is -2.17. The van der Waals surface area contributed by atoms with Gasteiger partial charge in [0.2, 0.25) is 0 Å². The second-order valence-electron chi connectivity index (χ2n) is 3.68. The van der Waals surface area contributed by atoms with Crippen LogP contribution >= 0.6 is 0 Å². The summed E-state index contributed by atoms with van der Waals surface area (Å²) in [7, 11) is 0. The number of hydrogen-bond acceptors (Lipinski definition) is 2. The van der Waals surface area contributed by atoms with Crippen molar-refractivity contribution in [1.82, 2.24) is 0 Å².